The lowest BCUT2D eigenvalue weighted by atomic mass is 9.78. The van der Waals surface area contributed by atoms with Crippen molar-refractivity contribution in [2.24, 2.45) is 5.92 Å². The Morgan fingerprint density at radius 2 is 1.83 bits per heavy atom. The van der Waals surface area contributed by atoms with Crippen LogP contribution < -0.4 is 5.32 Å². The molecule has 6 nitrogen and oxygen atoms in total. The molecule has 1 aliphatic rings. The molecular formula is C27H24ClN3O3S. The monoisotopic (exact) mass is 505 g/mol. The second-order valence-corrected chi connectivity index (χ2v) is 10.3. The third kappa shape index (κ3) is 5.21. The first-order chi connectivity index (χ1) is 17.0. The Balaban J connectivity index is 1.33. The standard InChI is InChI=1S/C27H24ClN3O3S/c28-20-3-1-2-19(13-20)27(34)31-21-10-8-18(9-11-21)24-26-25(30-15-29-24)22(14-35-26)17-6-4-16(5-7-17)12-23(32)33/h1-3,8-11,13-17H,4-7,12H2,(H,31,34)(H,32,33). The number of carbonyl (C=O) groups excluding carboxylic acids is 1. The lowest BCUT2D eigenvalue weighted by Gasteiger charge is -2.27. The van der Waals surface area contributed by atoms with Crippen LogP contribution in [0, 0.1) is 5.92 Å². The van der Waals surface area contributed by atoms with Crippen LogP contribution >= 0.6 is 22.9 Å². The van der Waals surface area contributed by atoms with E-state index in [1.807, 2.05) is 24.3 Å². The highest BCUT2D eigenvalue weighted by molar-refractivity contribution is 7.17. The average molecular weight is 506 g/mol. The molecule has 1 saturated carbocycles. The van der Waals surface area contributed by atoms with E-state index < -0.39 is 5.97 Å². The van der Waals surface area contributed by atoms with Gasteiger partial charge in [-0.1, -0.05) is 29.8 Å². The minimum Gasteiger partial charge on any atom is -0.481 e. The maximum atomic E-state index is 12.5. The van der Waals surface area contributed by atoms with Crippen molar-refractivity contribution in [2.45, 2.75) is 38.0 Å². The number of hydrogen-bond donors (Lipinski definition) is 2. The third-order valence-corrected chi connectivity index (χ3v) is 7.86. The van der Waals surface area contributed by atoms with Crippen LogP contribution in [0.5, 0.6) is 0 Å². The Labute approximate surface area is 212 Å². The lowest BCUT2D eigenvalue weighted by molar-refractivity contribution is -0.138. The largest absolute Gasteiger partial charge is 0.481 e. The second kappa shape index (κ2) is 10.1. The summed E-state index contributed by atoms with van der Waals surface area (Å²) in [5, 5.41) is 14.7. The molecule has 2 aromatic heterocycles. The van der Waals surface area contributed by atoms with Crippen LogP contribution in [0.1, 0.15) is 53.9 Å². The molecule has 35 heavy (non-hydrogen) atoms. The van der Waals surface area contributed by atoms with E-state index in [-0.39, 0.29) is 18.2 Å². The maximum absolute atomic E-state index is 12.5. The number of hydrogen-bond acceptors (Lipinski definition) is 5. The zero-order chi connectivity index (χ0) is 24.4. The molecule has 0 unspecified atom stereocenters. The van der Waals surface area contributed by atoms with Gasteiger partial charge in [-0.3, -0.25) is 9.59 Å². The molecule has 1 amide bonds. The van der Waals surface area contributed by atoms with E-state index in [0.29, 0.717) is 22.2 Å². The smallest absolute Gasteiger partial charge is 0.303 e. The summed E-state index contributed by atoms with van der Waals surface area (Å²) in [6, 6.07) is 14.5. The molecule has 0 atom stereocenters. The highest BCUT2D eigenvalue weighted by Gasteiger charge is 2.26. The van der Waals surface area contributed by atoms with Gasteiger partial charge in [-0.15, -0.1) is 11.3 Å². The quantitative estimate of drug-likeness (QED) is 0.294. The number of nitrogens with one attached hydrogen (secondary N) is 1. The van der Waals surface area contributed by atoms with Gasteiger partial charge in [0.25, 0.3) is 5.91 Å². The summed E-state index contributed by atoms with van der Waals surface area (Å²) in [6.07, 6.45) is 5.73. The Hall–Kier alpha value is -3.29. The van der Waals surface area contributed by atoms with Gasteiger partial charge in [0.2, 0.25) is 0 Å². The first-order valence-corrected chi connectivity index (χ1v) is 12.8. The fraction of sp³-hybridized carbons (Fsp3) is 0.259. The van der Waals surface area contributed by atoms with Gasteiger partial charge in [-0.05, 0) is 78.8 Å². The number of nitrogens with zero attached hydrogens (tertiary/aromatic N) is 2. The highest BCUT2D eigenvalue weighted by Crippen LogP contribution is 2.42. The van der Waals surface area contributed by atoms with Crippen LogP contribution in [-0.2, 0) is 4.79 Å². The van der Waals surface area contributed by atoms with E-state index in [1.165, 1.54) is 5.56 Å². The molecule has 0 aliphatic heterocycles. The number of amides is 1. The van der Waals surface area contributed by atoms with Crippen LogP contribution in [-0.4, -0.2) is 27.0 Å². The van der Waals surface area contributed by atoms with Crippen LogP contribution in [0.25, 0.3) is 21.5 Å². The van der Waals surface area contributed by atoms with Crippen molar-refractivity contribution in [2.75, 3.05) is 5.32 Å². The van der Waals surface area contributed by atoms with E-state index in [4.69, 9.17) is 16.7 Å². The number of aromatic nitrogens is 2. The molecule has 2 N–H and O–H groups in total. The van der Waals surface area contributed by atoms with Crippen molar-refractivity contribution in [3.63, 3.8) is 0 Å². The van der Waals surface area contributed by atoms with Crippen LogP contribution in [0.2, 0.25) is 5.02 Å². The number of fused-ring (bicyclic) bond motifs is 1. The summed E-state index contributed by atoms with van der Waals surface area (Å²) in [6.45, 7) is 0. The summed E-state index contributed by atoms with van der Waals surface area (Å²) in [7, 11) is 0. The molecule has 1 fully saturated rings. The van der Waals surface area contributed by atoms with Gasteiger partial charge >= 0.3 is 5.97 Å². The van der Waals surface area contributed by atoms with E-state index in [0.717, 1.165) is 47.2 Å². The summed E-state index contributed by atoms with van der Waals surface area (Å²) in [4.78, 5) is 32.7. The van der Waals surface area contributed by atoms with E-state index >= 15 is 0 Å². The summed E-state index contributed by atoms with van der Waals surface area (Å²) in [5.41, 5.74) is 5.25. The van der Waals surface area contributed by atoms with Gasteiger partial charge in [-0.25, -0.2) is 9.97 Å². The molecule has 8 heteroatoms. The molecule has 2 heterocycles. The Bertz CT molecular complexity index is 1380. The SMILES string of the molecule is O=C(O)CC1CCC(c2csc3c(-c4ccc(NC(=O)c5cccc(Cl)c5)cc4)ncnc23)CC1. The van der Waals surface area contributed by atoms with Gasteiger partial charge < -0.3 is 10.4 Å². The zero-order valence-electron chi connectivity index (χ0n) is 18.9. The van der Waals surface area contributed by atoms with Crippen LogP contribution in [0.3, 0.4) is 0 Å². The average Bonchev–Trinajstić information content (AvgIpc) is 3.29. The predicted octanol–water partition coefficient (Wildman–Crippen LogP) is 7.01. The summed E-state index contributed by atoms with van der Waals surface area (Å²) in [5.74, 6) is -0.246. The normalized spacial score (nSPS) is 17.9. The van der Waals surface area contributed by atoms with Crippen LogP contribution in [0.15, 0.2) is 60.2 Å². The van der Waals surface area contributed by atoms with Crippen molar-refractivity contribution in [3.8, 4) is 11.3 Å². The number of benzene rings is 2. The first-order valence-electron chi connectivity index (χ1n) is 11.6. The molecule has 4 aromatic rings. The minimum atomic E-state index is -0.707. The summed E-state index contributed by atoms with van der Waals surface area (Å²) >= 11 is 7.64. The molecule has 5 rings (SSSR count). The van der Waals surface area contributed by atoms with Crippen molar-refractivity contribution < 1.29 is 14.7 Å². The number of aliphatic carboxylic acids is 1. The topological polar surface area (TPSA) is 92.2 Å². The van der Waals surface area contributed by atoms with E-state index in [2.05, 4.69) is 20.7 Å². The number of carboxylic acid groups (broad SMARTS) is 1. The predicted molar refractivity (Wildman–Crippen MR) is 139 cm³/mol. The van der Waals surface area contributed by atoms with Crippen molar-refractivity contribution >= 4 is 50.7 Å². The van der Waals surface area contributed by atoms with Crippen LogP contribution in [0.4, 0.5) is 5.69 Å². The van der Waals surface area contributed by atoms with Gasteiger partial charge in [-0.2, -0.15) is 0 Å². The first kappa shape index (κ1) is 23.5. The maximum Gasteiger partial charge on any atom is 0.303 e. The van der Waals surface area contributed by atoms with Gasteiger partial charge in [0.1, 0.15) is 6.33 Å². The molecular weight excluding hydrogens is 482 g/mol. The zero-order valence-corrected chi connectivity index (χ0v) is 20.5. The number of halogens is 1. The Kier molecular flexibility index (Phi) is 6.79. The number of thiophene rings is 1. The molecule has 2 aromatic carbocycles. The number of anilines is 1. The number of carboxylic acids is 1. The fourth-order valence-corrected chi connectivity index (χ4v) is 6.14. The molecule has 0 spiro atoms. The Morgan fingerprint density at radius 3 is 2.54 bits per heavy atom. The van der Waals surface area contributed by atoms with Crippen molar-refractivity contribution in [3.05, 3.63) is 76.4 Å². The Morgan fingerprint density at radius 1 is 1.06 bits per heavy atom. The molecule has 0 saturated heterocycles. The molecule has 0 radical (unpaired) electrons. The van der Waals surface area contributed by atoms with E-state index in [1.54, 1.807) is 41.9 Å². The van der Waals surface area contributed by atoms with Crippen molar-refractivity contribution in [1.29, 1.82) is 0 Å². The fourth-order valence-electron chi connectivity index (χ4n) is 4.83. The number of rotatable bonds is 6. The molecule has 1 aliphatic carbocycles. The minimum absolute atomic E-state index is 0.217. The van der Waals surface area contributed by atoms with Crippen molar-refractivity contribution in [1.82, 2.24) is 9.97 Å². The molecule has 0 bridgehead atoms. The van der Waals surface area contributed by atoms with Gasteiger partial charge in [0.05, 0.1) is 15.9 Å². The van der Waals surface area contributed by atoms with Gasteiger partial charge in [0, 0.05) is 28.3 Å². The molecule has 178 valence electrons. The lowest BCUT2D eigenvalue weighted by Crippen LogP contribution is -2.16. The van der Waals surface area contributed by atoms with E-state index in [9.17, 15) is 9.59 Å². The second-order valence-electron chi connectivity index (χ2n) is 8.95. The summed E-state index contributed by atoms with van der Waals surface area (Å²) < 4.78 is 1.05. The third-order valence-electron chi connectivity index (χ3n) is 6.63. The number of carbonyl (C=O) groups is 2. The van der Waals surface area contributed by atoms with Gasteiger partial charge in [0.15, 0.2) is 0 Å². The highest BCUT2D eigenvalue weighted by atomic mass is 35.5.